The van der Waals surface area contributed by atoms with Crippen molar-refractivity contribution < 1.29 is 20.1 Å². The first-order chi connectivity index (χ1) is 4.04. The van der Waals surface area contributed by atoms with E-state index in [0.717, 1.165) is 0 Å². The normalized spacial score (nSPS) is 16.8. The van der Waals surface area contributed by atoms with E-state index in [-0.39, 0.29) is 0 Å². The number of aliphatic hydroxyl groups excluding tert-OH is 2. The van der Waals surface area contributed by atoms with Crippen molar-refractivity contribution in [3.05, 3.63) is 0 Å². The van der Waals surface area contributed by atoms with Crippen LogP contribution in [0.15, 0.2) is 0 Å². The molecule has 4 heteroatoms. The summed E-state index contributed by atoms with van der Waals surface area (Å²) in [5.41, 5.74) is 0. The standard InChI is InChI=1S/C5H10O4/c1-3(6)4(7)2-5(8)9/h3-4,6-7H,2H2,1H3,(H,8,9)/t3-,4-/m1/s1. The summed E-state index contributed by atoms with van der Waals surface area (Å²) in [5, 5.41) is 25.3. The minimum atomic E-state index is -1.15. The Hall–Kier alpha value is -0.610. The molecule has 0 aliphatic heterocycles. The molecule has 0 amide bonds. The predicted octanol–water partition coefficient (Wildman–Crippen LogP) is -0.797. The van der Waals surface area contributed by atoms with Crippen LogP contribution >= 0.6 is 0 Å². The highest BCUT2D eigenvalue weighted by atomic mass is 16.4. The fourth-order valence-electron chi connectivity index (χ4n) is 0.349. The average Bonchev–Trinajstić information content (AvgIpc) is 1.63. The third-order valence-electron chi connectivity index (χ3n) is 0.941. The molecule has 0 aliphatic carbocycles. The highest BCUT2D eigenvalue weighted by Crippen LogP contribution is 1.96. The Balaban J connectivity index is 3.50. The molecule has 2 atom stereocenters. The van der Waals surface area contributed by atoms with E-state index in [9.17, 15) is 4.79 Å². The van der Waals surface area contributed by atoms with Gasteiger partial charge in [0.1, 0.15) is 0 Å². The van der Waals surface area contributed by atoms with E-state index in [0.29, 0.717) is 0 Å². The van der Waals surface area contributed by atoms with E-state index in [4.69, 9.17) is 15.3 Å². The molecule has 0 aliphatic rings. The Morgan fingerprint density at radius 1 is 1.56 bits per heavy atom. The summed E-state index contributed by atoms with van der Waals surface area (Å²) in [6.45, 7) is 1.34. The number of carboxylic acid groups (broad SMARTS) is 1. The van der Waals surface area contributed by atoms with Gasteiger partial charge in [-0.05, 0) is 6.92 Å². The van der Waals surface area contributed by atoms with Crippen molar-refractivity contribution in [3.8, 4) is 0 Å². The van der Waals surface area contributed by atoms with Crippen LogP contribution < -0.4 is 0 Å². The van der Waals surface area contributed by atoms with Crippen molar-refractivity contribution in [3.63, 3.8) is 0 Å². The molecule has 0 fully saturated rings. The van der Waals surface area contributed by atoms with Gasteiger partial charge in [0, 0.05) is 0 Å². The van der Waals surface area contributed by atoms with Gasteiger partial charge in [-0.1, -0.05) is 0 Å². The summed E-state index contributed by atoms with van der Waals surface area (Å²) >= 11 is 0. The van der Waals surface area contributed by atoms with Gasteiger partial charge in [0.15, 0.2) is 0 Å². The van der Waals surface area contributed by atoms with Crippen molar-refractivity contribution in [2.75, 3.05) is 0 Å². The highest BCUT2D eigenvalue weighted by Gasteiger charge is 2.13. The zero-order valence-electron chi connectivity index (χ0n) is 5.11. The van der Waals surface area contributed by atoms with Gasteiger partial charge in [0.2, 0.25) is 0 Å². The van der Waals surface area contributed by atoms with Gasteiger partial charge in [-0.25, -0.2) is 0 Å². The summed E-state index contributed by atoms with van der Waals surface area (Å²) in [7, 11) is 0. The first kappa shape index (κ1) is 8.39. The molecule has 0 unspecified atom stereocenters. The number of hydrogen-bond acceptors (Lipinski definition) is 3. The molecule has 0 saturated heterocycles. The molecule has 0 radical (unpaired) electrons. The fourth-order valence-corrected chi connectivity index (χ4v) is 0.349. The van der Waals surface area contributed by atoms with Gasteiger partial charge < -0.3 is 15.3 Å². The third kappa shape index (κ3) is 3.93. The maximum Gasteiger partial charge on any atom is 0.306 e. The fraction of sp³-hybridized carbons (Fsp3) is 0.800. The number of carbonyl (C=O) groups is 1. The molecule has 0 aromatic heterocycles. The van der Waals surface area contributed by atoms with Gasteiger partial charge in [0.05, 0.1) is 18.6 Å². The Bertz CT molecular complexity index is 99.1. The quantitative estimate of drug-likeness (QED) is 0.472. The van der Waals surface area contributed by atoms with Gasteiger partial charge >= 0.3 is 5.97 Å². The molecule has 0 bridgehead atoms. The smallest absolute Gasteiger partial charge is 0.306 e. The number of carboxylic acids is 1. The maximum atomic E-state index is 9.84. The SMILES string of the molecule is C[C@@H](O)[C@H](O)CC(=O)O. The highest BCUT2D eigenvalue weighted by molar-refractivity contribution is 5.67. The molecule has 0 aromatic rings. The molecular formula is C5H10O4. The first-order valence-electron chi connectivity index (χ1n) is 2.62. The van der Waals surface area contributed by atoms with E-state index >= 15 is 0 Å². The molecule has 0 rings (SSSR count). The minimum Gasteiger partial charge on any atom is -0.481 e. The zero-order valence-corrected chi connectivity index (χ0v) is 5.11. The van der Waals surface area contributed by atoms with E-state index in [1.54, 1.807) is 0 Å². The molecule has 4 nitrogen and oxygen atoms in total. The van der Waals surface area contributed by atoms with Gasteiger partial charge in [-0.3, -0.25) is 4.79 Å². The lowest BCUT2D eigenvalue weighted by Gasteiger charge is -2.09. The second-order valence-electron chi connectivity index (χ2n) is 1.91. The molecule has 0 saturated carbocycles. The van der Waals surface area contributed by atoms with Crippen molar-refractivity contribution >= 4 is 5.97 Å². The Labute approximate surface area is 52.7 Å². The second kappa shape index (κ2) is 3.42. The zero-order chi connectivity index (χ0) is 7.44. The van der Waals surface area contributed by atoms with Crippen LogP contribution in [0.3, 0.4) is 0 Å². The summed E-state index contributed by atoms with van der Waals surface area (Å²) in [4.78, 5) is 9.84. The lowest BCUT2D eigenvalue weighted by atomic mass is 10.2. The topological polar surface area (TPSA) is 77.8 Å². The van der Waals surface area contributed by atoms with Crippen LogP contribution in [0, 0.1) is 0 Å². The molecule has 0 heterocycles. The summed E-state index contributed by atoms with van der Waals surface area (Å²) in [6, 6.07) is 0. The summed E-state index contributed by atoms with van der Waals surface area (Å²) < 4.78 is 0. The Kier molecular flexibility index (Phi) is 3.19. The van der Waals surface area contributed by atoms with E-state index in [1.807, 2.05) is 0 Å². The van der Waals surface area contributed by atoms with Gasteiger partial charge in [-0.15, -0.1) is 0 Å². The van der Waals surface area contributed by atoms with E-state index < -0.39 is 24.6 Å². The van der Waals surface area contributed by atoms with Crippen LogP contribution in [-0.2, 0) is 4.79 Å². The first-order valence-corrected chi connectivity index (χ1v) is 2.62. The molecule has 0 spiro atoms. The van der Waals surface area contributed by atoms with Crippen LogP contribution in [-0.4, -0.2) is 33.5 Å². The number of aliphatic hydroxyl groups is 2. The van der Waals surface area contributed by atoms with Crippen molar-refractivity contribution in [2.24, 2.45) is 0 Å². The lowest BCUT2D eigenvalue weighted by molar-refractivity contribution is -0.140. The molecule has 9 heavy (non-hydrogen) atoms. The van der Waals surface area contributed by atoms with Crippen LogP contribution in [0.25, 0.3) is 0 Å². The molecule has 54 valence electrons. The Morgan fingerprint density at radius 2 is 2.00 bits per heavy atom. The second-order valence-corrected chi connectivity index (χ2v) is 1.91. The third-order valence-corrected chi connectivity index (χ3v) is 0.941. The van der Waals surface area contributed by atoms with Gasteiger partial charge in [-0.2, -0.15) is 0 Å². The van der Waals surface area contributed by atoms with Crippen molar-refractivity contribution in [1.29, 1.82) is 0 Å². The number of aliphatic carboxylic acids is 1. The maximum absolute atomic E-state index is 9.84. The van der Waals surface area contributed by atoms with Crippen molar-refractivity contribution in [1.82, 2.24) is 0 Å². The van der Waals surface area contributed by atoms with Gasteiger partial charge in [0.25, 0.3) is 0 Å². The van der Waals surface area contributed by atoms with Crippen molar-refractivity contribution in [2.45, 2.75) is 25.6 Å². The van der Waals surface area contributed by atoms with E-state index in [1.165, 1.54) is 6.92 Å². The number of rotatable bonds is 3. The van der Waals surface area contributed by atoms with Crippen LogP contribution in [0.5, 0.6) is 0 Å². The average molecular weight is 134 g/mol. The lowest BCUT2D eigenvalue weighted by Crippen LogP contribution is -2.25. The van der Waals surface area contributed by atoms with Crippen LogP contribution in [0.2, 0.25) is 0 Å². The minimum absolute atomic E-state index is 0.405. The van der Waals surface area contributed by atoms with Crippen LogP contribution in [0.1, 0.15) is 13.3 Å². The molecule has 0 aromatic carbocycles. The molecule has 3 N–H and O–H groups in total. The van der Waals surface area contributed by atoms with E-state index in [2.05, 4.69) is 0 Å². The Morgan fingerprint density at radius 3 is 2.11 bits per heavy atom. The molecular weight excluding hydrogens is 124 g/mol. The number of hydrogen-bond donors (Lipinski definition) is 3. The largest absolute Gasteiger partial charge is 0.481 e. The predicted molar refractivity (Wildman–Crippen MR) is 29.9 cm³/mol. The van der Waals surface area contributed by atoms with Crippen LogP contribution in [0.4, 0.5) is 0 Å². The monoisotopic (exact) mass is 134 g/mol. The summed E-state index contributed by atoms with van der Waals surface area (Å²) in [5.74, 6) is -1.11. The summed E-state index contributed by atoms with van der Waals surface area (Å²) in [6.07, 6.45) is -2.53.